The Kier molecular flexibility index (Phi) is 8.30. The Bertz CT molecular complexity index is 2000. The Morgan fingerprint density at radius 2 is 1.76 bits per heavy atom. The highest BCUT2D eigenvalue weighted by molar-refractivity contribution is 6.16. The van der Waals surface area contributed by atoms with Gasteiger partial charge in [0.05, 0.1) is 30.3 Å². The topological polar surface area (TPSA) is 109 Å². The number of aliphatic imine (C=N–C) groups is 1. The number of rotatable bonds is 8. The lowest BCUT2D eigenvalue weighted by Crippen LogP contribution is -2.43. The van der Waals surface area contributed by atoms with Crippen LogP contribution in [0.1, 0.15) is 55.4 Å². The number of aromatic nitrogens is 4. The predicted molar refractivity (Wildman–Crippen MR) is 192 cm³/mol. The smallest absolute Gasteiger partial charge is 0.237 e. The van der Waals surface area contributed by atoms with E-state index in [1.165, 1.54) is 5.57 Å². The minimum atomic E-state index is -0.446. The van der Waals surface area contributed by atoms with Crippen LogP contribution in [0.15, 0.2) is 78.2 Å². The van der Waals surface area contributed by atoms with Crippen molar-refractivity contribution in [1.29, 1.82) is 0 Å². The zero-order valence-electron chi connectivity index (χ0n) is 28.9. The third kappa shape index (κ3) is 6.10. The summed E-state index contributed by atoms with van der Waals surface area (Å²) in [5.74, 6) is 1.59. The molecule has 2 aromatic heterocycles. The van der Waals surface area contributed by atoms with Gasteiger partial charge in [0.1, 0.15) is 6.33 Å². The fourth-order valence-corrected chi connectivity index (χ4v) is 7.71. The van der Waals surface area contributed by atoms with E-state index < -0.39 is 5.41 Å². The van der Waals surface area contributed by atoms with Crippen molar-refractivity contribution in [2.24, 2.45) is 17.5 Å². The van der Waals surface area contributed by atoms with E-state index in [1.54, 1.807) is 11.0 Å². The van der Waals surface area contributed by atoms with Crippen molar-refractivity contribution in [3.05, 3.63) is 95.5 Å². The van der Waals surface area contributed by atoms with Crippen molar-refractivity contribution < 1.29 is 14.3 Å². The van der Waals surface area contributed by atoms with E-state index in [-0.39, 0.29) is 17.9 Å². The van der Waals surface area contributed by atoms with Gasteiger partial charge in [-0.05, 0) is 74.6 Å². The van der Waals surface area contributed by atoms with Crippen molar-refractivity contribution in [2.75, 3.05) is 44.2 Å². The number of carbonyl (C=O) groups excluding carboxylic acids is 2. The molecule has 0 radical (unpaired) electrons. The first-order valence-electron chi connectivity index (χ1n) is 17.5. The molecule has 4 aliphatic heterocycles. The van der Waals surface area contributed by atoms with Crippen LogP contribution in [0, 0.1) is 5.41 Å². The first kappa shape index (κ1) is 32.1. The number of hydrogen-bond donors (Lipinski definition) is 0. The van der Waals surface area contributed by atoms with Crippen LogP contribution >= 0.6 is 0 Å². The van der Waals surface area contributed by atoms with Crippen molar-refractivity contribution in [3.8, 4) is 17.3 Å². The predicted octanol–water partition coefficient (Wildman–Crippen LogP) is 4.76. The molecule has 1 atom stereocenters. The van der Waals surface area contributed by atoms with Crippen LogP contribution in [0.25, 0.3) is 17.0 Å². The van der Waals surface area contributed by atoms with Gasteiger partial charge in [-0.25, -0.2) is 9.97 Å². The van der Waals surface area contributed by atoms with Crippen LogP contribution in [0.4, 0.5) is 5.69 Å². The molecule has 11 nitrogen and oxygen atoms in total. The third-order valence-electron chi connectivity index (χ3n) is 10.4. The Balaban J connectivity index is 0.876. The van der Waals surface area contributed by atoms with Gasteiger partial charge in [-0.15, -0.1) is 0 Å². The molecule has 4 aliphatic rings. The van der Waals surface area contributed by atoms with Gasteiger partial charge in [-0.1, -0.05) is 36.4 Å². The molecule has 2 saturated heterocycles. The van der Waals surface area contributed by atoms with Gasteiger partial charge in [-0.2, -0.15) is 5.10 Å². The fourth-order valence-electron chi connectivity index (χ4n) is 7.71. The van der Waals surface area contributed by atoms with Crippen molar-refractivity contribution >= 4 is 28.8 Å². The molecule has 50 heavy (non-hydrogen) atoms. The monoisotopic (exact) mass is 670 g/mol. The maximum Gasteiger partial charge on any atom is 0.237 e. The molecule has 8 rings (SSSR count). The van der Waals surface area contributed by atoms with E-state index in [4.69, 9.17) is 9.73 Å². The minimum Gasteiger partial charge on any atom is -0.475 e. The number of hydrogen-bond acceptors (Lipinski definition) is 8. The molecule has 0 aliphatic carbocycles. The molecule has 256 valence electrons. The van der Waals surface area contributed by atoms with Crippen LogP contribution in [0.2, 0.25) is 0 Å². The number of ether oxygens (including phenoxy) is 1. The quantitative estimate of drug-likeness (QED) is 0.266. The van der Waals surface area contributed by atoms with Gasteiger partial charge < -0.3 is 14.5 Å². The molecule has 0 saturated carbocycles. The van der Waals surface area contributed by atoms with Gasteiger partial charge >= 0.3 is 0 Å². The van der Waals surface area contributed by atoms with Crippen LogP contribution in [-0.2, 0) is 23.2 Å². The number of fused-ring (bicyclic) bond motifs is 1. The maximum absolute atomic E-state index is 14.0. The van der Waals surface area contributed by atoms with E-state index in [0.29, 0.717) is 51.0 Å². The first-order valence-corrected chi connectivity index (χ1v) is 17.5. The Morgan fingerprint density at radius 3 is 2.48 bits per heavy atom. The lowest BCUT2D eigenvalue weighted by Gasteiger charge is -2.29. The molecule has 2 fully saturated rings. The summed E-state index contributed by atoms with van der Waals surface area (Å²) in [4.78, 5) is 47.1. The molecule has 2 amide bonds. The standard InChI is InChI=1S/C39H42N8O3/c1-26(2)50-34-11-9-31(22-40-34)36-33-20-32(10-8-30(33)21-41-36)47-19-15-39(38(47)49)14-18-45(24-39)23-35(48)46-16-12-28(13-17-46)27-4-6-29(7-5-27)37-42-25-44(3)43-37/h4-12,20,22,25-26H,13-19,21,23-24H2,1-3H3/t39-/m1/s1. The molecular weight excluding hydrogens is 628 g/mol. The van der Waals surface area contributed by atoms with Gasteiger partial charge in [0.15, 0.2) is 5.82 Å². The molecule has 0 bridgehead atoms. The second-order valence-corrected chi connectivity index (χ2v) is 14.1. The summed E-state index contributed by atoms with van der Waals surface area (Å²) in [7, 11) is 1.86. The largest absolute Gasteiger partial charge is 0.475 e. The number of amides is 2. The summed E-state index contributed by atoms with van der Waals surface area (Å²) in [6, 6.07) is 18.4. The van der Waals surface area contributed by atoms with Gasteiger partial charge in [0.2, 0.25) is 17.7 Å². The van der Waals surface area contributed by atoms with Crippen molar-refractivity contribution in [2.45, 2.75) is 45.8 Å². The Morgan fingerprint density at radius 1 is 0.960 bits per heavy atom. The summed E-state index contributed by atoms with van der Waals surface area (Å²) in [6.45, 7) is 8.25. The van der Waals surface area contributed by atoms with Crippen LogP contribution in [0.5, 0.6) is 5.88 Å². The second-order valence-electron chi connectivity index (χ2n) is 14.1. The van der Waals surface area contributed by atoms with Crippen LogP contribution < -0.4 is 9.64 Å². The first-order chi connectivity index (χ1) is 24.2. The maximum atomic E-state index is 14.0. The highest BCUT2D eigenvalue weighted by atomic mass is 16.5. The molecule has 6 heterocycles. The van der Waals surface area contributed by atoms with E-state index >= 15 is 0 Å². The lowest BCUT2D eigenvalue weighted by molar-refractivity contribution is -0.132. The summed E-state index contributed by atoms with van der Waals surface area (Å²) in [6.07, 6.45) is 8.11. The van der Waals surface area contributed by atoms with Gasteiger partial charge in [-0.3, -0.25) is 24.2 Å². The molecule has 2 aromatic carbocycles. The highest BCUT2D eigenvalue weighted by Crippen LogP contribution is 2.43. The second kappa shape index (κ2) is 12.9. The Labute approximate surface area is 292 Å². The third-order valence-corrected chi connectivity index (χ3v) is 10.4. The van der Waals surface area contributed by atoms with Crippen LogP contribution in [0.3, 0.4) is 0 Å². The Hall–Kier alpha value is -5.16. The average Bonchev–Trinajstić information content (AvgIpc) is 3.92. The normalized spacial score (nSPS) is 20.5. The zero-order valence-corrected chi connectivity index (χ0v) is 28.9. The SMILES string of the molecule is CC(C)Oc1ccc(C2=NCc3ccc(N4CC[C@@]5(CCN(CC(=O)N6CC=C(c7ccc(-c8ncn(C)n8)cc7)CC6)C5)C4=O)cc32)cn1. The molecule has 0 N–H and O–H groups in total. The molecule has 1 spiro atoms. The molecular formula is C39H42N8O3. The minimum absolute atomic E-state index is 0.0578. The van der Waals surface area contributed by atoms with E-state index in [1.807, 2.05) is 55.1 Å². The fraction of sp³-hybridized carbons (Fsp3) is 0.385. The summed E-state index contributed by atoms with van der Waals surface area (Å²) < 4.78 is 7.41. The van der Waals surface area contributed by atoms with E-state index in [0.717, 1.165) is 65.0 Å². The number of anilines is 1. The average molecular weight is 671 g/mol. The van der Waals surface area contributed by atoms with Gasteiger partial charge in [0.25, 0.3) is 0 Å². The zero-order chi connectivity index (χ0) is 34.4. The van der Waals surface area contributed by atoms with E-state index in [2.05, 4.69) is 62.4 Å². The number of carbonyl (C=O) groups is 2. The van der Waals surface area contributed by atoms with Crippen molar-refractivity contribution in [1.82, 2.24) is 29.5 Å². The summed E-state index contributed by atoms with van der Waals surface area (Å²) in [5.41, 5.74) is 7.89. The van der Waals surface area contributed by atoms with Gasteiger partial charge in [0, 0.05) is 67.9 Å². The molecule has 0 unspecified atom stereocenters. The molecule has 4 aromatic rings. The molecule has 11 heteroatoms. The van der Waals surface area contributed by atoms with E-state index in [9.17, 15) is 9.59 Å². The van der Waals surface area contributed by atoms with Crippen LogP contribution in [-0.4, -0.2) is 92.4 Å². The number of likely N-dealkylation sites (tertiary alicyclic amines) is 1. The lowest BCUT2D eigenvalue weighted by atomic mass is 9.85. The summed E-state index contributed by atoms with van der Waals surface area (Å²) in [5, 5.41) is 4.38. The summed E-state index contributed by atoms with van der Waals surface area (Å²) >= 11 is 0. The highest BCUT2D eigenvalue weighted by Gasteiger charge is 2.51. The van der Waals surface area contributed by atoms with Crippen molar-refractivity contribution in [3.63, 3.8) is 0 Å². The number of aryl methyl sites for hydroxylation is 1. The number of nitrogens with zero attached hydrogens (tertiary/aromatic N) is 8. The number of pyridine rings is 1. The number of benzene rings is 2.